The van der Waals surface area contributed by atoms with Crippen molar-refractivity contribution in [2.75, 3.05) is 19.8 Å². The van der Waals surface area contributed by atoms with Crippen molar-refractivity contribution in [3.05, 3.63) is 35.4 Å². The van der Waals surface area contributed by atoms with E-state index in [0.29, 0.717) is 13.2 Å². The first-order valence-electron chi connectivity index (χ1n) is 6.87. The lowest BCUT2D eigenvalue weighted by molar-refractivity contribution is -0.141. The molecule has 7 nitrogen and oxygen atoms in total. The van der Waals surface area contributed by atoms with Gasteiger partial charge in [0.25, 0.3) is 0 Å². The number of aliphatic imine (C=N–C) groups is 1. The lowest BCUT2D eigenvalue weighted by Gasteiger charge is -1.99. The molecule has 0 bridgehead atoms. The van der Waals surface area contributed by atoms with Gasteiger partial charge in [0.15, 0.2) is 0 Å². The fraction of sp³-hybridized carbons (Fsp3) is 0.333. The zero-order valence-corrected chi connectivity index (χ0v) is 12.6. The minimum Gasteiger partial charge on any atom is -0.465 e. The molecule has 0 fully saturated rings. The van der Waals surface area contributed by atoms with Crippen LogP contribution in [0.3, 0.4) is 0 Å². The van der Waals surface area contributed by atoms with Crippen LogP contribution in [0.1, 0.15) is 25.0 Å². The van der Waals surface area contributed by atoms with Gasteiger partial charge < -0.3 is 9.47 Å². The van der Waals surface area contributed by atoms with Crippen molar-refractivity contribution in [1.82, 2.24) is 5.43 Å². The molecule has 0 aromatic heterocycles. The van der Waals surface area contributed by atoms with Crippen LogP contribution in [0.15, 0.2) is 34.4 Å². The Kier molecular flexibility index (Phi) is 7.96. The van der Waals surface area contributed by atoms with E-state index in [0.717, 1.165) is 11.1 Å². The molecule has 0 atom stereocenters. The second-order valence-corrected chi connectivity index (χ2v) is 4.03. The Bertz CT molecular complexity index is 489. The number of benzene rings is 1. The molecule has 1 aromatic carbocycles. The number of nitrogens with zero attached hydrogens (tertiary/aromatic N) is 2. The number of esters is 1. The molecule has 0 aliphatic carbocycles. The van der Waals surface area contributed by atoms with Gasteiger partial charge in [-0.2, -0.15) is 5.10 Å². The van der Waals surface area contributed by atoms with Crippen LogP contribution in [0.4, 0.5) is 4.79 Å². The number of carbonyl (C=O) groups excluding carboxylic acids is 2. The van der Waals surface area contributed by atoms with Gasteiger partial charge in [-0.15, -0.1) is 0 Å². The van der Waals surface area contributed by atoms with Crippen molar-refractivity contribution in [3.8, 4) is 0 Å². The zero-order valence-electron chi connectivity index (χ0n) is 12.6. The van der Waals surface area contributed by atoms with Gasteiger partial charge >= 0.3 is 12.1 Å². The van der Waals surface area contributed by atoms with Gasteiger partial charge in [0, 0.05) is 6.21 Å². The number of amides is 1. The fourth-order valence-electron chi connectivity index (χ4n) is 1.42. The molecule has 1 aromatic rings. The Morgan fingerprint density at radius 3 is 2.23 bits per heavy atom. The van der Waals surface area contributed by atoms with Crippen molar-refractivity contribution >= 4 is 24.5 Å². The third kappa shape index (κ3) is 7.18. The van der Waals surface area contributed by atoms with E-state index in [9.17, 15) is 9.59 Å². The molecular weight excluding hydrogens is 286 g/mol. The predicted octanol–water partition coefficient (Wildman–Crippen LogP) is 1.75. The molecule has 0 spiro atoms. The Morgan fingerprint density at radius 2 is 1.64 bits per heavy atom. The van der Waals surface area contributed by atoms with E-state index in [2.05, 4.69) is 20.3 Å². The summed E-state index contributed by atoms with van der Waals surface area (Å²) in [6.07, 6.45) is 2.49. The highest BCUT2D eigenvalue weighted by atomic mass is 16.5. The van der Waals surface area contributed by atoms with Crippen molar-refractivity contribution in [2.45, 2.75) is 13.8 Å². The van der Waals surface area contributed by atoms with E-state index in [-0.39, 0.29) is 12.5 Å². The van der Waals surface area contributed by atoms with E-state index in [4.69, 9.17) is 4.74 Å². The first kappa shape index (κ1) is 17.4. The molecule has 0 unspecified atom stereocenters. The van der Waals surface area contributed by atoms with Crippen LogP contribution in [0.5, 0.6) is 0 Å². The molecule has 1 rings (SSSR count). The maximum Gasteiger partial charge on any atom is 0.427 e. The molecule has 1 N–H and O–H groups in total. The molecule has 7 heteroatoms. The lowest BCUT2D eigenvalue weighted by Crippen LogP contribution is -2.18. The normalized spacial score (nSPS) is 10.8. The van der Waals surface area contributed by atoms with Crippen LogP contribution >= 0.6 is 0 Å². The maximum absolute atomic E-state index is 11.1. The van der Waals surface area contributed by atoms with Gasteiger partial charge in [-0.1, -0.05) is 24.3 Å². The predicted molar refractivity (Wildman–Crippen MR) is 83.3 cm³/mol. The van der Waals surface area contributed by atoms with Crippen LogP contribution in [0, 0.1) is 0 Å². The quantitative estimate of drug-likeness (QED) is 0.472. The summed E-state index contributed by atoms with van der Waals surface area (Å²) in [6, 6.07) is 7.25. The van der Waals surface area contributed by atoms with E-state index in [1.54, 1.807) is 20.1 Å². The average molecular weight is 305 g/mol. The van der Waals surface area contributed by atoms with Gasteiger partial charge in [-0.3, -0.25) is 9.79 Å². The van der Waals surface area contributed by atoms with Crippen LogP contribution in [0.25, 0.3) is 0 Å². The molecule has 0 heterocycles. The maximum atomic E-state index is 11.1. The molecule has 0 radical (unpaired) electrons. The number of ether oxygens (including phenoxy) is 2. The Morgan fingerprint density at radius 1 is 1.05 bits per heavy atom. The fourth-order valence-corrected chi connectivity index (χ4v) is 1.42. The number of hydrogen-bond acceptors (Lipinski definition) is 6. The highest BCUT2D eigenvalue weighted by Gasteiger charge is 1.98. The summed E-state index contributed by atoms with van der Waals surface area (Å²) < 4.78 is 9.43. The minimum atomic E-state index is -0.596. The molecule has 118 valence electrons. The molecule has 0 saturated carbocycles. The first-order valence-corrected chi connectivity index (χ1v) is 6.87. The monoisotopic (exact) mass is 305 g/mol. The zero-order chi connectivity index (χ0) is 16.2. The van der Waals surface area contributed by atoms with E-state index in [1.807, 2.05) is 24.3 Å². The topological polar surface area (TPSA) is 89.4 Å². The molecule has 1 amide bonds. The van der Waals surface area contributed by atoms with Gasteiger partial charge in [0.1, 0.15) is 6.54 Å². The van der Waals surface area contributed by atoms with Crippen LogP contribution in [-0.4, -0.2) is 44.3 Å². The number of carbonyl (C=O) groups is 2. The SMILES string of the molecule is CCOC(=O)CN=Cc1ccc(/C=N/NC(=O)OCC)cc1. The summed E-state index contributed by atoms with van der Waals surface area (Å²) in [7, 11) is 0. The molecular formula is C15H19N3O4. The average Bonchev–Trinajstić information content (AvgIpc) is 2.49. The van der Waals surface area contributed by atoms with Crippen molar-refractivity contribution in [2.24, 2.45) is 10.1 Å². The van der Waals surface area contributed by atoms with Gasteiger partial charge in [0.05, 0.1) is 19.4 Å². The summed E-state index contributed by atoms with van der Waals surface area (Å²) in [5.74, 6) is -0.354. The third-order valence-electron chi connectivity index (χ3n) is 2.35. The summed E-state index contributed by atoms with van der Waals surface area (Å²) in [5, 5.41) is 3.75. The van der Waals surface area contributed by atoms with E-state index in [1.165, 1.54) is 6.21 Å². The number of hydrogen-bond donors (Lipinski definition) is 1. The number of hydrazone groups is 1. The largest absolute Gasteiger partial charge is 0.465 e. The van der Waals surface area contributed by atoms with Gasteiger partial charge in [0.2, 0.25) is 0 Å². The summed E-state index contributed by atoms with van der Waals surface area (Å²) in [6.45, 7) is 4.11. The Balaban J connectivity index is 2.45. The summed E-state index contributed by atoms with van der Waals surface area (Å²) >= 11 is 0. The smallest absolute Gasteiger partial charge is 0.427 e. The lowest BCUT2D eigenvalue weighted by atomic mass is 10.2. The molecule has 0 aliphatic rings. The highest BCUT2D eigenvalue weighted by Crippen LogP contribution is 2.00. The van der Waals surface area contributed by atoms with Crippen molar-refractivity contribution in [3.63, 3.8) is 0 Å². The Labute approximate surface area is 129 Å². The van der Waals surface area contributed by atoms with Gasteiger partial charge in [-0.25, -0.2) is 10.2 Å². The van der Waals surface area contributed by atoms with E-state index >= 15 is 0 Å². The molecule has 0 saturated heterocycles. The summed E-state index contributed by atoms with van der Waals surface area (Å²) in [5.41, 5.74) is 3.89. The number of rotatable bonds is 7. The second-order valence-electron chi connectivity index (χ2n) is 4.03. The van der Waals surface area contributed by atoms with Crippen molar-refractivity contribution in [1.29, 1.82) is 0 Å². The van der Waals surface area contributed by atoms with E-state index < -0.39 is 6.09 Å². The number of nitrogens with one attached hydrogen (secondary N) is 1. The standard InChI is InChI=1S/C15H19N3O4/c1-3-21-14(19)11-16-9-12-5-7-13(8-6-12)10-17-18-15(20)22-4-2/h5-10H,3-4,11H2,1-2H3,(H,18,20)/b16-9?,17-10+. The minimum absolute atomic E-state index is 0.000506. The van der Waals surface area contributed by atoms with Crippen molar-refractivity contribution < 1.29 is 19.1 Å². The van der Waals surface area contributed by atoms with Crippen LogP contribution < -0.4 is 5.43 Å². The summed E-state index contributed by atoms with van der Waals surface area (Å²) in [4.78, 5) is 26.1. The first-order chi connectivity index (χ1) is 10.7. The van der Waals surface area contributed by atoms with Gasteiger partial charge in [-0.05, 0) is 25.0 Å². The Hall–Kier alpha value is -2.70. The molecule has 22 heavy (non-hydrogen) atoms. The third-order valence-corrected chi connectivity index (χ3v) is 2.35. The highest BCUT2D eigenvalue weighted by molar-refractivity contribution is 5.85. The molecule has 0 aliphatic heterocycles. The second kappa shape index (κ2) is 10.1. The van der Waals surface area contributed by atoms with Crippen LogP contribution in [-0.2, 0) is 14.3 Å². The van der Waals surface area contributed by atoms with Crippen LogP contribution in [0.2, 0.25) is 0 Å².